The average molecular weight is 203 g/mol. The lowest BCUT2D eigenvalue weighted by atomic mass is 9.96. The highest BCUT2D eigenvalue weighted by molar-refractivity contribution is 5.98. The minimum atomic E-state index is 0.355. The number of rotatable bonds is 2. The number of aryl methyl sites for hydroxylation is 1. The SMILES string of the molecule is Cc1cc2c(n1CC1CC1)CCCC2=O. The van der Waals surface area contributed by atoms with Crippen LogP contribution in [0.15, 0.2) is 6.07 Å². The van der Waals surface area contributed by atoms with Crippen LogP contribution < -0.4 is 0 Å². The zero-order chi connectivity index (χ0) is 10.4. The standard InChI is InChI=1S/C13H17NO/c1-9-7-11-12(3-2-4-13(11)15)14(9)8-10-5-6-10/h7,10H,2-6,8H2,1H3. The molecule has 2 heteroatoms. The van der Waals surface area contributed by atoms with Gasteiger partial charge in [0.25, 0.3) is 0 Å². The van der Waals surface area contributed by atoms with Crippen molar-refractivity contribution in [3.8, 4) is 0 Å². The van der Waals surface area contributed by atoms with E-state index in [1.807, 2.05) is 0 Å². The number of Topliss-reactive ketones (excluding diaryl/α,β-unsaturated/α-hetero) is 1. The normalized spacial score (nSPS) is 20.5. The van der Waals surface area contributed by atoms with E-state index in [0.29, 0.717) is 5.78 Å². The topological polar surface area (TPSA) is 22.0 Å². The predicted octanol–water partition coefficient (Wildman–Crippen LogP) is 2.73. The fourth-order valence-corrected chi connectivity index (χ4v) is 2.60. The van der Waals surface area contributed by atoms with Gasteiger partial charge in [0.05, 0.1) is 0 Å². The van der Waals surface area contributed by atoms with E-state index >= 15 is 0 Å². The van der Waals surface area contributed by atoms with Gasteiger partial charge in [-0.2, -0.15) is 0 Å². The molecule has 0 spiro atoms. The van der Waals surface area contributed by atoms with Crippen molar-refractivity contribution in [3.63, 3.8) is 0 Å². The van der Waals surface area contributed by atoms with Crippen LogP contribution >= 0.6 is 0 Å². The Morgan fingerprint density at radius 1 is 1.40 bits per heavy atom. The van der Waals surface area contributed by atoms with Crippen molar-refractivity contribution < 1.29 is 4.79 Å². The zero-order valence-electron chi connectivity index (χ0n) is 9.25. The monoisotopic (exact) mass is 203 g/mol. The Kier molecular flexibility index (Phi) is 1.98. The number of carbonyl (C=O) groups excluding carboxylic acids is 1. The van der Waals surface area contributed by atoms with Crippen LogP contribution in [0.4, 0.5) is 0 Å². The van der Waals surface area contributed by atoms with Gasteiger partial charge in [-0.25, -0.2) is 0 Å². The Morgan fingerprint density at radius 3 is 2.93 bits per heavy atom. The van der Waals surface area contributed by atoms with Gasteiger partial charge >= 0.3 is 0 Å². The maximum absolute atomic E-state index is 11.7. The van der Waals surface area contributed by atoms with Crippen molar-refractivity contribution in [2.24, 2.45) is 5.92 Å². The van der Waals surface area contributed by atoms with E-state index in [2.05, 4.69) is 17.6 Å². The molecule has 0 N–H and O–H groups in total. The molecular formula is C13H17NO. The Balaban J connectivity index is 2.01. The van der Waals surface area contributed by atoms with Gasteiger partial charge in [0.15, 0.2) is 5.78 Å². The summed E-state index contributed by atoms with van der Waals surface area (Å²) in [5, 5.41) is 0. The molecule has 0 bridgehead atoms. The summed E-state index contributed by atoms with van der Waals surface area (Å²) in [6, 6.07) is 2.10. The Bertz CT molecular complexity index is 412. The third-order valence-electron chi connectivity index (χ3n) is 3.67. The Hall–Kier alpha value is -1.05. The lowest BCUT2D eigenvalue weighted by Crippen LogP contribution is -2.14. The van der Waals surface area contributed by atoms with Crippen LogP contribution in [0.25, 0.3) is 0 Å². The van der Waals surface area contributed by atoms with Gasteiger partial charge in [0.2, 0.25) is 0 Å². The fraction of sp³-hybridized carbons (Fsp3) is 0.615. The summed E-state index contributed by atoms with van der Waals surface area (Å²) in [6.45, 7) is 3.28. The Morgan fingerprint density at radius 2 is 2.20 bits per heavy atom. The van der Waals surface area contributed by atoms with Crippen molar-refractivity contribution in [1.82, 2.24) is 4.57 Å². The number of hydrogen-bond acceptors (Lipinski definition) is 1. The molecule has 1 aromatic heterocycles. The lowest BCUT2D eigenvalue weighted by molar-refractivity contribution is 0.0971. The number of carbonyl (C=O) groups is 1. The molecule has 0 radical (unpaired) electrons. The van der Waals surface area contributed by atoms with Crippen molar-refractivity contribution in [2.75, 3.05) is 0 Å². The van der Waals surface area contributed by atoms with Gasteiger partial charge in [0.1, 0.15) is 0 Å². The van der Waals surface area contributed by atoms with Crippen molar-refractivity contribution in [1.29, 1.82) is 0 Å². The Labute approximate surface area is 90.3 Å². The van der Waals surface area contributed by atoms with Gasteiger partial charge in [-0.15, -0.1) is 0 Å². The summed E-state index contributed by atoms with van der Waals surface area (Å²) in [4.78, 5) is 11.7. The molecule has 1 aromatic rings. The summed E-state index contributed by atoms with van der Waals surface area (Å²) in [5.74, 6) is 1.24. The smallest absolute Gasteiger partial charge is 0.164 e. The van der Waals surface area contributed by atoms with Crippen LogP contribution in [0, 0.1) is 12.8 Å². The molecule has 0 saturated heterocycles. The number of fused-ring (bicyclic) bond motifs is 1. The molecule has 1 heterocycles. The molecule has 1 fully saturated rings. The second-order valence-corrected chi connectivity index (χ2v) is 4.98. The summed E-state index contributed by atoms with van der Waals surface area (Å²) in [6.07, 6.45) is 5.64. The lowest BCUT2D eigenvalue weighted by Gasteiger charge is -2.15. The second-order valence-electron chi connectivity index (χ2n) is 4.98. The molecular weight excluding hydrogens is 186 g/mol. The van der Waals surface area contributed by atoms with Gasteiger partial charge in [0, 0.05) is 29.9 Å². The molecule has 2 aliphatic rings. The molecule has 2 nitrogen and oxygen atoms in total. The van der Waals surface area contributed by atoms with Crippen LogP contribution in [0.2, 0.25) is 0 Å². The highest BCUT2D eigenvalue weighted by Gasteiger charge is 2.27. The van der Waals surface area contributed by atoms with Crippen LogP contribution in [-0.4, -0.2) is 10.4 Å². The maximum Gasteiger partial charge on any atom is 0.164 e. The molecule has 15 heavy (non-hydrogen) atoms. The first-order valence-corrected chi connectivity index (χ1v) is 5.98. The third-order valence-corrected chi connectivity index (χ3v) is 3.67. The largest absolute Gasteiger partial charge is 0.348 e. The number of aromatic nitrogens is 1. The number of nitrogens with zero attached hydrogens (tertiary/aromatic N) is 1. The zero-order valence-corrected chi connectivity index (χ0v) is 9.25. The first-order valence-electron chi connectivity index (χ1n) is 5.98. The highest BCUT2D eigenvalue weighted by atomic mass is 16.1. The van der Waals surface area contributed by atoms with Crippen LogP contribution in [-0.2, 0) is 13.0 Å². The minimum absolute atomic E-state index is 0.355. The van der Waals surface area contributed by atoms with E-state index in [9.17, 15) is 4.79 Å². The van der Waals surface area contributed by atoms with Crippen molar-refractivity contribution in [3.05, 3.63) is 23.0 Å². The van der Waals surface area contributed by atoms with E-state index in [-0.39, 0.29) is 0 Å². The van der Waals surface area contributed by atoms with Crippen molar-refractivity contribution in [2.45, 2.75) is 45.6 Å². The number of ketones is 1. The first-order chi connectivity index (χ1) is 7.25. The molecule has 0 aromatic carbocycles. The molecule has 0 atom stereocenters. The van der Waals surface area contributed by atoms with Crippen LogP contribution in [0.1, 0.15) is 47.4 Å². The van der Waals surface area contributed by atoms with Gasteiger partial charge in [-0.3, -0.25) is 4.79 Å². The summed E-state index contributed by atoms with van der Waals surface area (Å²) < 4.78 is 2.39. The van der Waals surface area contributed by atoms with Crippen LogP contribution in [0.3, 0.4) is 0 Å². The quantitative estimate of drug-likeness (QED) is 0.724. The van der Waals surface area contributed by atoms with E-state index < -0.39 is 0 Å². The van der Waals surface area contributed by atoms with Crippen LogP contribution in [0.5, 0.6) is 0 Å². The molecule has 3 rings (SSSR count). The van der Waals surface area contributed by atoms with E-state index in [1.54, 1.807) is 0 Å². The minimum Gasteiger partial charge on any atom is -0.348 e. The fourth-order valence-electron chi connectivity index (χ4n) is 2.60. The number of hydrogen-bond donors (Lipinski definition) is 0. The maximum atomic E-state index is 11.7. The predicted molar refractivity (Wildman–Crippen MR) is 59.2 cm³/mol. The first kappa shape index (κ1) is 9.20. The molecule has 2 aliphatic carbocycles. The van der Waals surface area contributed by atoms with E-state index in [4.69, 9.17) is 0 Å². The van der Waals surface area contributed by atoms with Gasteiger partial charge in [-0.05, 0) is 44.6 Å². The van der Waals surface area contributed by atoms with Crippen molar-refractivity contribution >= 4 is 5.78 Å². The summed E-state index contributed by atoms with van der Waals surface area (Å²) >= 11 is 0. The molecule has 0 unspecified atom stereocenters. The second kappa shape index (κ2) is 3.22. The highest BCUT2D eigenvalue weighted by Crippen LogP contribution is 2.33. The van der Waals surface area contributed by atoms with E-state index in [1.165, 1.54) is 24.2 Å². The van der Waals surface area contributed by atoms with Gasteiger partial charge < -0.3 is 4.57 Å². The summed E-state index contributed by atoms with van der Waals surface area (Å²) in [7, 11) is 0. The molecule has 80 valence electrons. The summed E-state index contributed by atoms with van der Waals surface area (Å²) in [5.41, 5.74) is 3.61. The molecule has 0 aliphatic heterocycles. The third kappa shape index (κ3) is 1.52. The van der Waals surface area contributed by atoms with Gasteiger partial charge in [-0.1, -0.05) is 0 Å². The molecule has 0 amide bonds. The van der Waals surface area contributed by atoms with E-state index in [0.717, 1.165) is 37.3 Å². The average Bonchev–Trinajstić information content (AvgIpc) is 2.96. The molecule has 1 saturated carbocycles.